The van der Waals surface area contributed by atoms with Gasteiger partial charge in [-0.3, -0.25) is 9.59 Å². The summed E-state index contributed by atoms with van der Waals surface area (Å²) < 4.78 is 10.3. The Labute approximate surface area is 213 Å². The lowest BCUT2D eigenvalue weighted by Gasteiger charge is -2.11. The molecule has 182 valence electrons. The van der Waals surface area contributed by atoms with Gasteiger partial charge in [-0.25, -0.2) is 4.79 Å². The highest BCUT2D eigenvalue weighted by Gasteiger charge is 2.14. The molecule has 0 saturated carbocycles. The molecule has 36 heavy (non-hydrogen) atoms. The minimum absolute atomic E-state index is 0.219. The van der Waals surface area contributed by atoms with Crippen molar-refractivity contribution in [2.45, 2.75) is 6.92 Å². The number of halogens is 1. The number of benzene rings is 3. The van der Waals surface area contributed by atoms with Gasteiger partial charge in [-0.05, 0) is 73.2 Å². The standard InChI is InChI=1S/C27H22ClN3O5/c1-17-4-3-5-23(12-17)30-25(32)16-36-24-11-8-21(28)14-19(24)13-20(15-29)26(33)31-22-9-6-18(7-10-22)27(34)35-2/h3-14H,16H2,1-2H3,(H,30,32)(H,31,33)/b20-13+. The van der Waals surface area contributed by atoms with Gasteiger partial charge >= 0.3 is 5.97 Å². The molecule has 3 aromatic rings. The number of ether oxygens (including phenoxy) is 2. The van der Waals surface area contributed by atoms with Crippen LogP contribution in [0.2, 0.25) is 5.02 Å². The van der Waals surface area contributed by atoms with Gasteiger partial charge in [0.05, 0.1) is 12.7 Å². The van der Waals surface area contributed by atoms with E-state index in [0.29, 0.717) is 27.5 Å². The summed E-state index contributed by atoms with van der Waals surface area (Å²) in [6, 6.07) is 19.8. The van der Waals surface area contributed by atoms with Crippen molar-refractivity contribution in [1.82, 2.24) is 0 Å². The number of methoxy groups -OCH3 is 1. The predicted octanol–water partition coefficient (Wildman–Crippen LogP) is 5.00. The third-order valence-corrected chi connectivity index (χ3v) is 5.10. The first-order valence-corrected chi connectivity index (χ1v) is 11.1. The Morgan fingerprint density at radius 1 is 1.00 bits per heavy atom. The van der Waals surface area contributed by atoms with E-state index in [2.05, 4.69) is 15.4 Å². The molecule has 0 unspecified atom stereocenters. The van der Waals surface area contributed by atoms with E-state index in [9.17, 15) is 19.6 Å². The van der Waals surface area contributed by atoms with Gasteiger partial charge in [0.25, 0.3) is 11.8 Å². The highest BCUT2D eigenvalue weighted by molar-refractivity contribution is 6.30. The lowest BCUT2D eigenvalue weighted by Crippen LogP contribution is -2.20. The molecular weight excluding hydrogens is 482 g/mol. The zero-order valence-corrected chi connectivity index (χ0v) is 20.3. The number of amides is 2. The maximum Gasteiger partial charge on any atom is 0.337 e. The molecule has 0 spiro atoms. The molecule has 0 fully saturated rings. The van der Waals surface area contributed by atoms with Crippen molar-refractivity contribution in [3.8, 4) is 11.8 Å². The molecule has 8 nitrogen and oxygen atoms in total. The van der Waals surface area contributed by atoms with Gasteiger partial charge in [0, 0.05) is 22.0 Å². The number of hydrogen-bond acceptors (Lipinski definition) is 6. The Hall–Kier alpha value is -4.61. The van der Waals surface area contributed by atoms with E-state index in [1.807, 2.05) is 31.2 Å². The minimum atomic E-state index is -0.675. The molecule has 9 heteroatoms. The van der Waals surface area contributed by atoms with E-state index >= 15 is 0 Å². The van der Waals surface area contributed by atoms with Gasteiger partial charge in [-0.1, -0.05) is 23.7 Å². The third kappa shape index (κ3) is 7.19. The number of anilines is 2. The summed E-state index contributed by atoms with van der Waals surface area (Å²) in [4.78, 5) is 36.6. The van der Waals surface area contributed by atoms with Crippen molar-refractivity contribution in [2.75, 3.05) is 24.4 Å². The van der Waals surface area contributed by atoms with Crippen molar-refractivity contribution >= 4 is 46.8 Å². The molecular formula is C27H22ClN3O5. The van der Waals surface area contributed by atoms with Crippen molar-refractivity contribution in [3.05, 3.63) is 94.0 Å². The fraction of sp³-hybridized carbons (Fsp3) is 0.111. The van der Waals surface area contributed by atoms with Gasteiger partial charge < -0.3 is 20.1 Å². The molecule has 0 aliphatic rings. The Morgan fingerprint density at radius 2 is 1.75 bits per heavy atom. The molecule has 0 atom stereocenters. The summed E-state index contributed by atoms with van der Waals surface area (Å²) in [6.45, 7) is 1.62. The van der Waals surface area contributed by atoms with Crippen LogP contribution < -0.4 is 15.4 Å². The highest BCUT2D eigenvalue weighted by atomic mass is 35.5. The summed E-state index contributed by atoms with van der Waals surface area (Å²) in [7, 11) is 1.27. The van der Waals surface area contributed by atoms with Crippen LogP contribution >= 0.6 is 11.6 Å². The molecule has 2 N–H and O–H groups in total. The van der Waals surface area contributed by atoms with Crippen LogP contribution in [0.15, 0.2) is 72.3 Å². The number of rotatable bonds is 8. The van der Waals surface area contributed by atoms with Crippen molar-refractivity contribution in [1.29, 1.82) is 5.26 Å². The van der Waals surface area contributed by atoms with Crippen LogP contribution in [0.5, 0.6) is 5.75 Å². The average Bonchev–Trinajstić information content (AvgIpc) is 2.86. The Bertz CT molecular complexity index is 1360. The quantitative estimate of drug-likeness (QED) is 0.254. The van der Waals surface area contributed by atoms with Gasteiger partial charge in [-0.2, -0.15) is 5.26 Å². The number of nitriles is 1. The van der Waals surface area contributed by atoms with Crippen LogP contribution in [-0.2, 0) is 14.3 Å². The first-order chi connectivity index (χ1) is 17.3. The minimum Gasteiger partial charge on any atom is -0.483 e. The molecule has 3 aromatic carbocycles. The summed E-state index contributed by atoms with van der Waals surface area (Å²) in [5.41, 5.74) is 2.47. The second-order valence-corrected chi connectivity index (χ2v) is 8.02. The lowest BCUT2D eigenvalue weighted by molar-refractivity contribution is -0.118. The van der Waals surface area contributed by atoms with Crippen LogP contribution in [0.25, 0.3) is 6.08 Å². The fourth-order valence-corrected chi connectivity index (χ4v) is 3.32. The second-order valence-electron chi connectivity index (χ2n) is 7.58. The Kier molecular flexibility index (Phi) is 8.81. The van der Waals surface area contributed by atoms with Crippen LogP contribution in [0.1, 0.15) is 21.5 Å². The van der Waals surface area contributed by atoms with Crippen LogP contribution in [0, 0.1) is 18.3 Å². The number of esters is 1. The molecule has 0 aliphatic carbocycles. The number of hydrogen-bond donors (Lipinski definition) is 2. The second kappa shape index (κ2) is 12.2. The van der Waals surface area contributed by atoms with E-state index < -0.39 is 11.9 Å². The molecule has 0 heterocycles. The molecule has 3 rings (SSSR count). The van der Waals surface area contributed by atoms with Crippen molar-refractivity contribution in [2.24, 2.45) is 0 Å². The maximum atomic E-state index is 12.7. The molecule has 0 bridgehead atoms. The van der Waals surface area contributed by atoms with E-state index in [1.165, 1.54) is 43.5 Å². The summed E-state index contributed by atoms with van der Waals surface area (Å²) in [6.07, 6.45) is 1.32. The Balaban J connectivity index is 1.73. The molecule has 0 aliphatic heterocycles. The molecule has 0 saturated heterocycles. The predicted molar refractivity (Wildman–Crippen MR) is 137 cm³/mol. The first kappa shape index (κ1) is 26.0. The lowest BCUT2D eigenvalue weighted by atomic mass is 10.1. The summed E-state index contributed by atoms with van der Waals surface area (Å²) in [5, 5.41) is 15.3. The number of nitrogens with one attached hydrogen (secondary N) is 2. The van der Waals surface area contributed by atoms with Gasteiger partial charge in [0.15, 0.2) is 6.61 Å². The number of aryl methyl sites for hydroxylation is 1. The maximum absolute atomic E-state index is 12.7. The van der Waals surface area contributed by atoms with Gasteiger partial charge in [0.2, 0.25) is 0 Å². The van der Waals surface area contributed by atoms with Crippen LogP contribution in [-0.4, -0.2) is 31.5 Å². The van der Waals surface area contributed by atoms with Gasteiger partial charge in [0.1, 0.15) is 17.4 Å². The highest BCUT2D eigenvalue weighted by Crippen LogP contribution is 2.26. The third-order valence-electron chi connectivity index (χ3n) is 4.86. The smallest absolute Gasteiger partial charge is 0.337 e. The van der Waals surface area contributed by atoms with Crippen LogP contribution in [0.3, 0.4) is 0 Å². The largest absolute Gasteiger partial charge is 0.483 e. The Morgan fingerprint density at radius 3 is 2.42 bits per heavy atom. The zero-order chi connectivity index (χ0) is 26.1. The topological polar surface area (TPSA) is 118 Å². The van der Waals surface area contributed by atoms with E-state index in [1.54, 1.807) is 18.2 Å². The monoisotopic (exact) mass is 503 g/mol. The van der Waals surface area contributed by atoms with Gasteiger partial charge in [-0.15, -0.1) is 0 Å². The van der Waals surface area contributed by atoms with E-state index in [-0.39, 0.29) is 23.8 Å². The summed E-state index contributed by atoms with van der Waals surface area (Å²) in [5.74, 6) is -1.29. The molecule has 0 radical (unpaired) electrons. The molecule has 0 aromatic heterocycles. The van der Waals surface area contributed by atoms with Crippen molar-refractivity contribution < 1.29 is 23.9 Å². The first-order valence-electron chi connectivity index (χ1n) is 10.7. The van der Waals surface area contributed by atoms with Crippen molar-refractivity contribution in [3.63, 3.8) is 0 Å². The summed E-state index contributed by atoms with van der Waals surface area (Å²) >= 11 is 6.10. The number of carbonyl (C=O) groups excluding carboxylic acids is 3. The average molecular weight is 504 g/mol. The SMILES string of the molecule is COC(=O)c1ccc(NC(=O)/C(C#N)=C/c2cc(Cl)ccc2OCC(=O)Nc2cccc(C)c2)cc1. The van der Waals surface area contributed by atoms with E-state index in [4.69, 9.17) is 16.3 Å². The fourth-order valence-electron chi connectivity index (χ4n) is 3.14. The molecule has 2 amide bonds. The normalized spacial score (nSPS) is 10.7. The number of carbonyl (C=O) groups is 3. The zero-order valence-electron chi connectivity index (χ0n) is 19.5. The van der Waals surface area contributed by atoms with E-state index in [0.717, 1.165) is 5.56 Å². The van der Waals surface area contributed by atoms with Crippen LogP contribution in [0.4, 0.5) is 11.4 Å². The number of nitrogens with zero attached hydrogens (tertiary/aromatic N) is 1.